The van der Waals surface area contributed by atoms with Crippen LogP contribution in [0.5, 0.6) is 0 Å². The smallest absolute Gasteiger partial charge is 0.324 e. The first kappa shape index (κ1) is 34.9. The Morgan fingerprint density at radius 1 is 0.600 bits per heavy atom. The molecule has 224 valence electrons. The van der Waals surface area contributed by atoms with Gasteiger partial charge in [0.15, 0.2) is 0 Å². The van der Waals surface area contributed by atoms with Crippen molar-refractivity contribution in [2.24, 2.45) is 0 Å². The molecule has 1 atom stereocenters. The molecule has 0 heterocycles. The minimum Gasteiger partial charge on any atom is -0.524 e. The number of carbonyl (C=O) groups excluding carboxylic acids is 1. The first-order valence-electron chi connectivity index (χ1n) is 16.1. The second-order valence-electron chi connectivity index (χ2n) is 12.1. The fraction of sp³-hybridized carbons (Fsp3) is 0.606. The number of carbonyl (C=O) groups is 1. The summed E-state index contributed by atoms with van der Waals surface area (Å²) in [5.41, 5.74) is 1.15. The number of hydrogen-bond donors (Lipinski definition) is 1. The molecule has 1 unspecified atom stereocenters. The van der Waals surface area contributed by atoms with Crippen molar-refractivity contribution in [2.45, 2.75) is 129 Å². The van der Waals surface area contributed by atoms with E-state index in [0.29, 0.717) is 5.56 Å². The topological polar surface area (TPSA) is 46.5 Å². The van der Waals surface area contributed by atoms with Gasteiger partial charge in [-0.15, -0.1) is 0 Å². The summed E-state index contributed by atoms with van der Waals surface area (Å²) < 4.78 is 7.57. The van der Waals surface area contributed by atoms with E-state index in [1.54, 1.807) is 0 Å². The summed E-state index contributed by atoms with van der Waals surface area (Å²) in [5.74, 6) is -0.0794. The monoisotopic (exact) mass is 614 g/mol. The first-order chi connectivity index (χ1) is 19.0. The van der Waals surface area contributed by atoms with E-state index in [2.05, 4.69) is 62.3 Å². The lowest BCUT2D eigenvalue weighted by Crippen LogP contribution is -2.89. The number of rotatable bonds is 16. The third-order valence-electron chi connectivity index (χ3n) is 11.6. The van der Waals surface area contributed by atoms with Gasteiger partial charge in [0.2, 0.25) is 6.87 Å². The summed E-state index contributed by atoms with van der Waals surface area (Å²) in [4.78, 5) is 14.5. The zero-order valence-corrected chi connectivity index (χ0v) is 31.3. The Morgan fingerprint density at radius 2 is 0.925 bits per heavy atom. The van der Waals surface area contributed by atoms with Gasteiger partial charge < -0.3 is 9.53 Å². The van der Waals surface area contributed by atoms with Gasteiger partial charge in [-0.25, -0.2) is 4.79 Å². The van der Waals surface area contributed by atoms with Gasteiger partial charge in [0.25, 0.3) is 0 Å². The van der Waals surface area contributed by atoms with Gasteiger partial charge in [-0.1, -0.05) is 159 Å². The Bertz CT molecular complexity index is 982. The normalized spacial score (nSPS) is 14.6. The second kappa shape index (κ2) is 14.3. The van der Waals surface area contributed by atoms with Crippen molar-refractivity contribution in [3.8, 4) is 0 Å². The maximum absolute atomic E-state index is 14.5. The summed E-state index contributed by atoms with van der Waals surface area (Å²) >= 11 is 0. The SMILES string of the molecule is CC[Si](CC)(CC)[Si](OC(=O)c1ccc(C(C)(O)c2ccccc2)cc1)([Si](CC)(CC)CC)[Si](CC)(CC)CC. The molecule has 3 nitrogen and oxygen atoms in total. The molecular formula is C33H58O3Si4. The average Bonchev–Trinajstić information content (AvgIpc) is 3.01. The summed E-state index contributed by atoms with van der Waals surface area (Å²) in [5, 5.41) is 11.4. The second-order valence-corrected chi connectivity index (χ2v) is 48.1. The molecule has 2 aromatic carbocycles. The highest BCUT2D eigenvalue weighted by Gasteiger charge is 2.74. The summed E-state index contributed by atoms with van der Waals surface area (Å²) in [6.07, 6.45) is 0. The van der Waals surface area contributed by atoms with Gasteiger partial charge in [-0.05, 0) is 30.2 Å². The van der Waals surface area contributed by atoms with E-state index in [9.17, 15) is 9.90 Å². The van der Waals surface area contributed by atoms with Crippen molar-refractivity contribution < 1.29 is 14.3 Å². The third-order valence-corrected chi connectivity index (χ3v) is 81.3. The van der Waals surface area contributed by atoms with Gasteiger partial charge in [0, 0.05) is 0 Å². The van der Waals surface area contributed by atoms with Crippen LogP contribution in [-0.2, 0) is 10.0 Å². The van der Waals surface area contributed by atoms with Gasteiger partial charge in [0.1, 0.15) is 5.60 Å². The van der Waals surface area contributed by atoms with Crippen LogP contribution in [0.1, 0.15) is 90.7 Å². The Labute approximate surface area is 249 Å². The van der Waals surface area contributed by atoms with Crippen LogP contribution in [-0.4, -0.2) is 40.7 Å². The number of hydrogen-bond acceptors (Lipinski definition) is 3. The number of benzene rings is 2. The summed E-state index contributed by atoms with van der Waals surface area (Å²) in [6.45, 7) is 21.3. The van der Waals surface area contributed by atoms with Gasteiger partial charge >= 0.3 is 5.97 Å². The molecule has 0 radical (unpaired) electrons. The van der Waals surface area contributed by atoms with Crippen molar-refractivity contribution in [1.82, 2.24) is 0 Å². The third kappa shape index (κ3) is 5.58. The molecule has 0 aromatic heterocycles. The minimum atomic E-state index is -2.47. The van der Waals surface area contributed by atoms with Crippen molar-refractivity contribution in [3.05, 3.63) is 71.3 Å². The molecule has 7 heteroatoms. The van der Waals surface area contributed by atoms with Crippen molar-refractivity contribution in [1.29, 1.82) is 0 Å². The lowest BCUT2D eigenvalue weighted by atomic mass is 9.88. The van der Waals surface area contributed by atoms with Gasteiger partial charge in [0.05, 0.1) is 28.3 Å². The molecule has 0 spiro atoms. The van der Waals surface area contributed by atoms with Crippen molar-refractivity contribution >= 4 is 35.6 Å². The lowest BCUT2D eigenvalue weighted by molar-refractivity contribution is 0.0734. The molecule has 0 saturated carbocycles. The Hall–Kier alpha value is -1.26. The van der Waals surface area contributed by atoms with E-state index in [-0.39, 0.29) is 5.97 Å². The van der Waals surface area contributed by atoms with Crippen LogP contribution in [0.3, 0.4) is 0 Å². The van der Waals surface area contributed by atoms with E-state index < -0.39 is 35.2 Å². The standard InChI is InChI=1S/C33H58O3Si4/c1-11-37(12-2,13-3)40(38(14-4,15-5)16-6,39(17-7,18-8)19-9)36-32(34)29-25-27-31(28-26-29)33(10,35)30-23-21-20-22-24-30/h20-28,35H,11-19H2,1-10H3. The van der Waals surface area contributed by atoms with E-state index >= 15 is 0 Å². The molecule has 2 aromatic rings. The average molecular weight is 615 g/mol. The zero-order valence-electron chi connectivity index (χ0n) is 27.3. The lowest BCUT2D eigenvalue weighted by Gasteiger charge is -2.63. The molecule has 0 fully saturated rings. The molecule has 0 aliphatic rings. The van der Waals surface area contributed by atoms with Gasteiger partial charge in [-0.3, -0.25) is 0 Å². The predicted molar refractivity (Wildman–Crippen MR) is 184 cm³/mol. The molecule has 1 N–H and O–H groups in total. The molecule has 0 aliphatic heterocycles. The molecule has 0 saturated heterocycles. The van der Waals surface area contributed by atoms with Crippen LogP contribution >= 0.6 is 0 Å². The van der Waals surface area contributed by atoms with E-state index in [4.69, 9.17) is 4.43 Å². The fourth-order valence-corrected chi connectivity index (χ4v) is 107. The van der Waals surface area contributed by atoms with E-state index in [1.165, 1.54) is 54.4 Å². The molecule has 40 heavy (non-hydrogen) atoms. The summed E-state index contributed by atoms with van der Waals surface area (Å²) in [6, 6.07) is 28.5. The molecule has 0 aliphatic carbocycles. The van der Waals surface area contributed by atoms with Crippen LogP contribution in [0.25, 0.3) is 0 Å². The van der Waals surface area contributed by atoms with Crippen LogP contribution in [0.4, 0.5) is 0 Å². The maximum Gasteiger partial charge on any atom is 0.324 e. The first-order valence-corrected chi connectivity index (χ1v) is 28.9. The van der Waals surface area contributed by atoms with E-state index in [1.807, 2.05) is 61.5 Å². The van der Waals surface area contributed by atoms with Crippen LogP contribution in [0.15, 0.2) is 54.6 Å². The highest BCUT2D eigenvalue weighted by molar-refractivity contribution is 7.88. The Morgan fingerprint density at radius 3 is 1.25 bits per heavy atom. The fourth-order valence-electron chi connectivity index (χ4n) is 8.56. The minimum absolute atomic E-state index is 0.0794. The van der Waals surface area contributed by atoms with E-state index in [0.717, 1.165) is 11.1 Å². The highest BCUT2D eigenvalue weighted by atomic mass is 29.9. The Kier molecular flexibility index (Phi) is 12.5. The molecule has 0 amide bonds. The number of aliphatic hydroxyl groups is 1. The van der Waals surface area contributed by atoms with Gasteiger partial charge in [-0.2, -0.15) is 0 Å². The molecular weight excluding hydrogens is 557 g/mol. The van der Waals surface area contributed by atoms with Crippen LogP contribution < -0.4 is 0 Å². The predicted octanol–water partition coefficient (Wildman–Crippen LogP) is 9.81. The quantitative estimate of drug-likeness (QED) is 0.191. The largest absolute Gasteiger partial charge is 0.524 e. The molecule has 0 bridgehead atoms. The molecule has 2 rings (SSSR count). The van der Waals surface area contributed by atoms with Crippen LogP contribution in [0.2, 0.25) is 54.4 Å². The zero-order chi connectivity index (χ0) is 30.2. The maximum atomic E-state index is 14.5. The van der Waals surface area contributed by atoms with Crippen LogP contribution in [0, 0.1) is 0 Å². The van der Waals surface area contributed by atoms with Crippen molar-refractivity contribution in [3.63, 3.8) is 0 Å². The van der Waals surface area contributed by atoms with Crippen molar-refractivity contribution in [2.75, 3.05) is 0 Å². The summed E-state index contributed by atoms with van der Waals surface area (Å²) in [7, 11) is -5.69. The highest BCUT2D eigenvalue weighted by Crippen LogP contribution is 2.51. The Balaban J connectivity index is 2.79.